The van der Waals surface area contributed by atoms with Crippen LogP contribution in [-0.4, -0.2) is 74.4 Å². The van der Waals surface area contributed by atoms with Gasteiger partial charge in [0.25, 0.3) is 0 Å². The first-order valence-electron chi connectivity index (χ1n) is 14.6. The third-order valence-electron chi connectivity index (χ3n) is 7.55. The number of nitrogens with one attached hydrogen (secondary N) is 2. The second kappa shape index (κ2) is 16.4. The minimum atomic E-state index is -4.88. The summed E-state index contributed by atoms with van der Waals surface area (Å²) in [6.07, 6.45) is -6.82. The van der Waals surface area contributed by atoms with Gasteiger partial charge in [0.1, 0.15) is 12.1 Å². The van der Waals surface area contributed by atoms with E-state index in [0.29, 0.717) is 16.8 Å². The van der Waals surface area contributed by atoms with Crippen LogP contribution in [0.15, 0.2) is 89.8 Å². The molecule has 0 saturated carbocycles. The van der Waals surface area contributed by atoms with Crippen molar-refractivity contribution in [3.63, 3.8) is 0 Å². The van der Waals surface area contributed by atoms with Crippen molar-refractivity contribution in [3.8, 4) is 0 Å². The van der Waals surface area contributed by atoms with E-state index >= 15 is 0 Å². The van der Waals surface area contributed by atoms with Gasteiger partial charge in [-0.1, -0.05) is 67.6 Å². The Morgan fingerprint density at radius 3 is 1.91 bits per heavy atom. The molecule has 2 amide bonds. The van der Waals surface area contributed by atoms with Crippen LogP contribution >= 0.6 is 0 Å². The number of halogens is 3. The highest BCUT2D eigenvalue weighted by Gasteiger charge is 2.43. The second-order valence-electron chi connectivity index (χ2n) is 10.6. The van der Waals surface area contributed by atoms with Gasteiger partial charge in [0, 0.05) is 24.2 Å². The predicted octanol–water partition coefficient (Wildman–Crippen LogP) is 4.41. The Hall–Kier alpha value is -4.14. The molecule has 0 aliphatic heterocycles. The van der Waals surface area contributed by atoms with Gasteiger partial charge < -0.3 is 26.2 Å². The van der Waals surface area contributed by atoms with Crippen LogP contribution in [0.2, 0.25) is 0 Å². The molecular weight excluding hydrogens is 625 g/mol. The molecule has 3 rings (SSSR count). The number of carbonyl (C=O) groups excluding carboxylic acids is 2. The Balaban J connectivity index is 1.84. The molecule has 3 aromatic carbocycles. The smallest absolute Gasteiger partial charge is 0.408 e. The Morgan fingerprint density at radius 1 is 0.913 bits per heavy atom. The van der Waals surface area contributed by atoms with Crippen LogP contribution in [-0.2, 0) is 19.6 Å². The number of sulfonamides is 1. The highest BCUT2D eigenvalue weighted by molar-refractivity contribution is 7.89. The quantitative estimate of drug-likeness (QED) is 0.176. The molecule has 5 N–H and O–H groups in total. The molecule has 14 heteroatoms. The summed E-state index contributed by atoms with van der Waals surface area (Å²) in [5.41, 5.74) is 7.15. The molecule has 0 unspecified atom stereocenters. The van der Waals surface area contributed by atoms with E-state index in [2.05, 4.69) is 10.6 Å². The lowest BCUT2D eigenvalue weighted by Gasteiger charge is -2.31. The molecule has 3 atom stereocenters. The van der Waals surface area contributed by atoms with E-state index in [0.717, 1.165) is 11.4 Å². The average molecular weight is 665 g/mol. The first-order valence-corrected chi connectivity index (χ1v) is 16.1. The molecular formula is C32H39F3N4O6S. The monoisotopic (exact) mass is 664 g/mol. The van der Waals surface area contributed by atoms with Gasteiger partial charge in [-0.05, 0) is 54.7 Å². The second-order valence-corrected chi connectivity index (χ2v) is 12.5. The maximum Gasteiger partial charge on any atom is 0.408 e. The summed E-state index contributed by atoms with van der Waals surface area (Å²) >= 11 is 0. The fraction of sp³-hybridized carbons (Fsp3) is 0.375. The van der Waals surface area contributed by atoms with Crippen LogP contribution in [0.5, 0.6) is 0 Å². The number of hydrogen-bond acceptors (Lipinski definition) is 7. The zero-order chi connectivity index (χ0) is 33.9. The molecule has 250 valence electrons. The molecule has 0 aromatic heterocycles. The number of alkyl carbamates (subject to hydrolysis) is 1. The van der Waals surface area contributed by atoms with Crippen molar-refractivity contribution in [1.29, 1.82) is 0 Å². The molecule has 0 aliphatic rings. The number of aliphatic hydroxyl groups excluding tert-OH is 1. The largest absolute Gasteiger partial charge is 0.453 e. The summed E-state index contributed by atoms with van der Waals surface area (Å²) in [7, 11) is -3.01. The first-order chi connectivity index (χ1) is 21.8. The molecule has 0 aliphatic carbocycles. The Kier molecular flexibility index (Phi) is 13.0. The fourth-order valence-corrected chi connectivity index (χ4v) is 6.90. The molecule has 46 heavy (non-hydrogen) atoms. The minimum Gasteiger partial charge on any atom is -0.453 e. The van der Waals surface area contributed by atoms with Gasteiger partial charge in [0.2, 0.25) is 15.9 Å². The molecule has 3 aromatic rings. The Labute approximate surface area is 266 Å². The number of nitrogen functional groups attached to an aromatic ring is 1. The molecule has 0 radical (unpaired) electrons. The van der Waals surface area contributed by atoms with Crippen LogP contribution in [0.25, 0.3) is 0 Å². The van der Waals surface area contributed by atoms with Crippen LogP contribution in [0.4, 0.5) is 23.7 Å². The molecule has 10 nitrogen and oxygen atoms in total. The zero-order valence-corrected chi connectivity index (χ0v) is 26.3. The fourth-order valence-electron chi connectivity index (χ4n) is 5.25. The van der Waals surface area contributed by atoms with Gasteiger partial charge in [-0.2, -0.15) is 17.5 Å². The van der Waals surface area contributed by atoms with E-state index < -0.39 is 65.3 Å². The van der Waals surface area contributed by atoms with Crippen molar-refractivity contribution < 1.29 is 41.0 Å². The molecule has 0 heterocycles. The lowest BCUT2D eigenvalue weighted by Crippen LogP contribution is -2.55. The maximum absolute atomic E-state index is 14.3. The van der Waals surface area contributed by atoms with Gasteiger partial charge in [0.05, 0.1) is 18.6 Å². The van der Waals surface area contributed by atoms with E-state index in [4.69, 9.17) is 10.5 Å². The number of ether oxygens (including phenoxy) is 1. The molecule has 0 bridgehead atoms. The number of carbonyl (C=O) groups is 2. The number of anilines is 1. The van der Waals surface area contributed by atoms with Crippen LogP contribution in [0, 0.1) is 0 Å². The highest BCUT2D eigenvalue weighted by Crippen LogP contribution is 2.31. The van der Waals surface area contributed by atoms with Crippen LogP contribution < -0.4 is 16.4 Å². The number of rotatable bonds is 15. The Morgan fingerprint density at radius 2 is 1.46 bits per heavy atom. The van der Waals surface area contributed by atoms with Gasteiger partial charge in [-0.25, -0.2) is 13.2 Å². The number of nitrogens with zero attached hydrogens (tertiary/aromatic N) is 1. The number of alkyl halides is 3. The normalized spacial score (nSPS) is 14.0. The van der Waals surface area contributed by atoms with E-state index in [1.54, 1.807) is 67.6 Å². The van der Waals surface area contributed by atoms with E-state index in [9.17, 15) is 36.3 Å². The molecule has 0 spiro atoms. The van der Waals surface area contributed by atoms with E-state index in [1.165, 1.54) is 24.3 Å². The number of hydrogen-bond donors (Lipinski definition) is 4. The van der Waals surface area contributed by atoms with Crippen molar-refractivity contribution >= 4 is 27.7 Å². The minimum absolute atomic E-state index is 0.0430. The predicted molar refractivity (Wildman–Crippen MR) is 167 cm³/mol. The highest BCUT2D eigenvalue weighted by atomic mass is 32.2. The summed E-state index contributed by atoms with van der Waals surface area (Å²) in [5.74, 6) is -1.96. The van der Waals surface area contributed by atoms with Crippen molar-refractivity contribution in [2.75, 3.05) is 26.0 Å². The van der Waals surface area contributed by atoms with Gasteiger partial charge in [-0.15, -0.1) is 0 Å². The summed E-state index contributed by atoms with van der Waals surface area (Å²) in [5, 5.41) is 14.5. The summed E-state index contributed by atoms with van der Waals surface area (Å²) in [4.78, 5) is 25.9. The summed E-state index contributed by atoms with van der Waals surface area (Å²) in [6, 6.07) is 17.7. The van der Waals surface area contributed by atoms with Crippen LogP contribution in [0.3, 0.4) is 0 Å². The third kappa shape index (κ3) is 9.44. The summed E-state index contributed by atoms with van der Waals surface area (Å²) < 4.78 is 75.1. The van der Waals surface area contributed by atoms with Crippen molar-refractivity contribution in [1.82, 2.24) is 14.9 Å². The van der Waals surface area contributed by atoms with Crippen molar-refractivity contribution in [2.24, 2.45) is 0 Å². The topological polar surface area (TPSA) is 151 Å². The van der Waals surface area contributed by atoms with Gasteiger partial charge in [-0.3, -0.25) is 4.79 Å². The SMILES string of the molecule is CCN([C@H](CO)CCC[C@@H](NC(=O)[C@@H](NC(=O)OC)C(c1ccccc1)c1ccccc1)C(F)(F)F)S(=O)(=O)c1ccc(N)cc1. The standard InChI is InChI=1S/C32H39F3N4O6S/c1-3-39(46(43,44)26-19-17-24(36)18-20-26)25(21-40)15-10-16-27(32(33,34)35)37-30(41)29(38-31(42)45-2)28(22-11-6-4-7-12-22)23-13-8-5-9-14-23/h4-9,11-14,17-20,25,27-29,40H,3,10,15-16,21,36H2,1-2H3,(H,37,41)(H,38,42)/t25-,27+,29-/m0/s1. The van der Waals surface area contributed by atoms with Crippen molar-refractivity contribution in [2.45, 2.75) is 61.3 Å². The van der Waals surface area contributed by atoms with Crippen molar-refractivity contribution in [3.05, 3.63) is 96.1 Å². The number of benzene rings is 3. The summed E-state index contributed by atoms with van der Waals surface area (Å²) in [6.45, 7) is 0.880. The van der Waals surface area contributed by atoms with Gasteiger partial charge in [0.15, 0.2) is 0 Å². The number of amides is 2. The lowest BCUT2D eigenvalue weighted by molar-refractivity contribution is -0.164. The number of nitrogens with two attached hydrogens (primary N) is 1. The van der Waals surface area contributed by atoms with E-state index in [1.807, 2.05) is 0 Å². The third-order valence-corrected chi connectivity index (χ3v) is 9.59. The lowest BCUT2D eigenvalue weighted by atomic mass is 9.84. The Bertz CT molecular complexity index is 1470. The van der Waals surface area contributed by atoms with Gasteiger partial charge >= 0.3 is 12.3 Å². The van der Waals surface area contributed by atoms with E-state index in [-0.39, 0.29) is 24.3 Å². The number of methoxy groups -OCH3 is 1. The number of aliphatic hydroxyl groups is 1. The van der Waals surface area contributed by atoms with Crippen LogP contribution in [0.1, 0.15) is 43.2 Å². The number of likely N-dealkylation sites (N-methyl/N-ethyl adjacent to an activating group) is 1. The zero-order valence-electron chi connectivity index (χ0n) is 25.5. The maximum atomic E-state index is 14.3. The first kappa shape index (κ1) is 36.3. The average Bonchev–Trinajstić information content (AvgIpc) is 3.04. The molecule has 0 saturated heterocycles. The molecule has 0 fully saturated rings.